The molecule has 6 nitrogen and oxygen atoms in total. The lowest BCUT2D eigenvalue weighted by Gasteiger charge is -2.36. The summed E-state index contributed by atoms with van der Waals surface area (Å²) in [6, 6.07) is 4.25. The molecule has 1 N–H and O–H groups in total. The summed E-state index contributed by atoms with van der Waals surface area (Å²) in [7, 11) is 1.60. The molecule has 1 aromatic carbocycles. The Kier molecular flexibility index (Phi) is 4.11. The van der Waals surface area contributed by atoms with Gasteiger partial charge >= 0.3 is 5.97 Å². The van der Waals surface area contributed by atoms with Gasteiger partial charge in [-0.1, -0.05) is 0 Å². The standard InChI is InChI=1S/C16H21NO5/c1-10-3-4-12(16(18)19)8-17(10)7-11-5-13(20-2)15-14(6-11)21-9-22-15/h5-6,10,12H,3-4,7-9H2,1-2H3,(H,18,19). The van der Waals surface area contributed by atoms with Crippen LogP contribution in [-0.4, -0.2) is 42.5 Å². The predicted octanol–water partition coefficient (Wildman–Crippen LogP) is 2.11. The zero-order valence-corrected chi connectivity index (χ0v) is 12.9. The number of fused-ring (bicyclic) bond motifs is 1. The topological polar surface area (TPSA) is 68.2 Å². The van der Waals surface area contributed by atoms with E-state index in [4.69, 9.17) is 14.2 Å². The van der Waals surface area contributed by atoms with Crippen LogP contribution in [0.15, 0.2) is 12.1 Å². The molecule has 0 aromatic heterocycles. The first-order valence-corrected chi connectivity index (χ1v) is 7.52. The highest BCUT2D eigenvalue weighted by Gasteiger charge is 2.30. The summed E-state index contributed by atoms with van der Waals surface area (Å²) in [6.07, 6.45) is 1.65. The Hall–Kier alpha value is -1.95. The molecular weight excluding hydrogens is 286 g/mol. The van der Waals surface area contributed by atoms with Crippen LogP contribution in [0.5, 0.6) is 17.2 Å². The number of carboxylic acid groups (broad SMARTS) is 1. The first kappa shape index (κ1) is 15.0. The van der Waals surface area contributed by atoms with Gasteiger partial charge in [-0.05, 0) is 37.5 Å². The minimum absolute atomic E-state index is 0.205. The van der Waals surface area contributed by atoms with Crippen molar-refractivity contribution in [3.63, 3.8) is 0 Å². The van der Waals surface area contributed by atoms with Gasteiger partial charge in [-0.25, -0.2) is 0 Å². The van der Waals surface area contributed by atoms with Gasteiger partial charge in [-0.3, -0.25) is 9.69 Å². The number of methoxy groups -OCH3 is 1. The number of likely N-dealkylation sites (tertiary alicyclic amines) is 1. The largest absolute Gasteiger partial charge is 0.493 e. The van der Waals surface area contributed by atoms with Gasteiger partial charge in [-0.15, -0.1) is 0 Å². The summed E-state index contributed by atoms with van der Waals surface area (Å²) in [6.45, 7) is 3.60. The van der Waals surface area contributed by atoms with Crippen LogP contribution in [0.1, 0.15) is 25.3 Å². The minimum Gasteiger partial charge on any atom is -0.493 e. The van der Waals surface area contributed by atoms with Crippen LogP contribution < -0.4 is 14.2 Å². The Morgan fingerprint density at radius 3 is 2.95 bits per heavy atom. The molecule has 1 aromatic rings. The molecule has 2 unspecified atom stereocenters. The van der Waals surface area contributed by atoms with Crippen molar-refractivity contribution in [1.29, 1.82) is 0 Å². The van der Waals surface area contributed by atoms with Crippen LogP contribution in [0.4, 0.5) is 0 Å². The average molecular weight is 307 g/mol. The van der Waals surface area contributed by atoms with Crippen molar-refractivity contribution in [3.8, 4) is 17.2 Å². The third kappa shape index (κ3) is 2.83. The molecule has 0 spiro atoms. The monoisotopic (exact) mass is 307 g/mol. The van der Waals surface area contributed by atoms with E-state index in [1.165, 1.54) is 0 Å². The number of carbonyl (C=O) groups is 1. The number of hydrogen-bond acceptors (Lipinski definition) is 5. The van der Waals surface area contributed by atoms with Crippen molar-refractivity contribution in [1.82, 2.24) is 4.90 Å². The van der Waals surface area contributed by atoms with Gasteiger partial charge in [0.05, 0.1) is 13.0 Å². The molecule has 0 bridgehead atoms. The third-order valence-corrected chi connectivity index (χ3v) is 4.46. The highest BCUT2D eigenvalue weighted by Crippen LogP contribution is 2.42. The first-order chi connectivity index (χ1) is 10.6. The summed E-state index contributed by atoms with van der Waals surface area (Å²) >= 11 is 0. The number of benzene rings is 1. The van der Waals surface area contributed by atoms with E-state index in [0.717, 1.165) is 18.4 Å². The first-order valence-electron chi connectivity index (χ1n) is 7.52. The maximum absolute atomic E-state index is 11.2. The molecule has 6 heteroatoms. The molecule has 1 fully saturated rings. The van der Waals surface area contributed by atoms with E-state index in [0.29, 0.717) is 36.4 Å². The average Bonchev–Trinajstić information content (AvgIpc) is 2.96. The summed E-state index contributed by atoms with van der Waals surface area (Å²) < 4.78 is 16.2. The molecule has 2 aliphatic rings. The zero-order chi connectivity index (χ0) is 15.7. The highest BCUT2D eigenvalue weighted by molar-refractivity contribution is 5.70. The van der Waals surface area contributed by atoms with E-state index in [9.17, 15) is 9.90 Å². The molecular formula is C16H21NO5. The lowest BCUT2D eigenvalue weighted by atomic mass is 9.93. The molecule has 2 aliphatic heterocycles. The fourth-order valence-corrected chi connectivity index (χ4v) is 3.11. The van der Waals surface area contributed by atoms with Crippen molar-refractivity contribution >= 4 is 5.97 Å². The van der Waals surface area contributed by atoms with Crippen molar-refractivity contribution < 1.29 is 24.1 Å². The van der Waals surface area contributed by atoms with Gasteiger partial charge < -0.3 is 19.3 Å². The predicted molar refractivity (Wildman–Crippen MR) is 79.3 cm³/mol. The molecule has 3 rings (SSSR count). The van der Waals surface area contributed by atoms with E-state index in [-0.39, 0.29) is 12.7 Å². The minimum atomic E-state index is -0.708. The second-order valence-corrected chi connectivity index (χ2v) is 5.92. The van der Waals surface area contributed by atoms with E-state index < -0.39 is 5.97 Å². The molecule has 0 saturated carbocycles. The Balaban J connectivity index is 1.78. The van der Waals surface area contributed by atoms with E-state index >= 15 is 0 Å². The molecule has 2 atom stereocenters. The second-order valence-electron chi connectivity index (χ2n) is 5.92. The summed E-state index contributed by atoms with van der Waals surface area (Å²) in [5.41, 5.74) is 1.04. The summed E-state index contributed by atoms with van der Waals surface area (Å²) in [4.78, 5) is 13.4. The quantitative estimate of drug-likeness (QED) is 0.919. The Morgan fingerprint density at radius 2 is 2.23 bits per heavy atom. The zero-order valence-electron chi connectivity index (χ0n) is 12.9. The van der Waals surface area contributed by atoms with E-state index in [1.54, 1.807) is 7.11 Å². The fraction of sp³-hybridized carbons (Fsp3) is 0.562. The summed E-state index contributed by atoms with van der Waals surface area (Å²) in [5.74, 6) is 0.992. The van der Waals surface area contributed by atoms with E-state index in [2.05, 4.69) is 11.8 Å². The van der Waals surface area contributed by atoms with Gasteiger partial charge in [0, 0.05) is 19.1 Å². The number of hydrogen-bond donors (Lipinski definition) is 1. The van der Waals surface area contributed by atoms with Crippen LogP contribution in [0.2, 0.25) is 0 Å². The lowest BCUT2D eigenvalue weighted by molar-refractivity contribution is -0.144. The number of ether oxygens (including phenoxy) is 3. The number of nitrogens with zero attached hydrogens (tertiary/aromatic N) is 1. The number of aliphatic carboxylic acids is 1. The molecule has 2 heterocycles. The summed E-state index contributed by atoms with van der Waals surface area (Å²) in [5, 5.41) is 9.23. The SMILES string of the molecule is COc1cc(CN2CC(C(=O)O)CCC2C)cc2c1OCO2. The van der Waals surface area contributed by atoms with E-state index in [1.807, 2.05) is 12.1 Å². The lowest BCUT2D eigenvalue weighted by Crippen LogP contribution is -2.43. The Morgan fingerprint density at radius 1 is 1.41 bits per heavy atom. The molecule has 22 heavy (non-hydrogen) atoms. The highest BCUT2D eigenvalue weighted by atomic mass is 16.7. The normalized spacial score (nSPS) is 24.3. The fourth-order valence-electron chi connectivity index (χ4n) is 3.11. The molecule has 1 saturated heterocycles. The second kappa shape index (κ2) is 6.04. The van der Waals surface area contributed by atoms with Crippen LogP contribution >= 0.6 is 0 Å². The van der Waals surface area contributed by atoms with Crippen LogP contribution in [-0.2, 0) is 11.3 Å². The van der Waals surface area contributed by atoms with Crippen molar-refractivity contribution in [3.05, 3.63) is 17.7 Å². The van der Waals surface area contributed by atoms with Crippen LogP contribution in [0.3, 0.4) is 0 Å². The Labute approximate surface area is 129 Å². The number of piperidine rings is 1. The van der Waals surface area contributed by atoms with Gasteiger partial charge in [0.2, 0.25) is 12.5 Å². The maximum atomic E-state index is 11.2. The maximum Gasteiger partial charge on any atom is 0.307 e. The van der Waals surface area contributed by atoms with Crippen molar-refractivity contribution in [2.75, 3.05) is 20.4 Å². The number of rotatable bonds is 4. The molecule has 0 amide bonds. The van der Waals surface area contributed by atoms with Gasteiger partial charge in [0.1, 0.15) is 0 Å². The molecule has 120 valence electrons. The molecule has 0 aliphatic carbocycles. The van der Waals surface area contributed by atoms with Crippen LogP contribution in [0.25, 0.3) is 0 Å². The van der Waals surface area contributed by atoms with Crippen molar-refractivity contribution in [2.24, 2.45) is 5.92 Å². The van der Waals surface area contributed by atoms with Gasteiger partial charge in [-0.2, -0.15) is 0 Å². The molecule has 0 radical (unpaired) electrons. The third-order valence-electron chi connectivity index (χ3n) is 4.46. The van der Waals surface area contributed by atoms with Gasteiger partial charge in [0.25, 0.3) is 0 Å². The van der Waals surface area contributed by atoms with Crippen molar-refractivity contribution in [2.45, 2.75) is 32.4 Å². The Bertz CT molecular complexity index is 574. The number of carboxylic acids is 1. The van der Waals surface area contributed by atoms with Gasteiger partial charge in [0.15, 0.2) is 11.5 Å². The smallest absolute Gasteiger partial charge is 0.307 e. The van der Waals surface area contributed by atoms with Crippen LogP contribution in [0, 0.1) is 5.92 Å².